The van der Waals surface area contributed by atoms with Crippen LogP contribution in [0.3, 0.4) is 0 Å². The molecule has 1 aliphatic heterocycles. The molecule has 1 aromatic heterocycles. The van der Waals surface area contributed by atoms with Gasteiger partial charge in [-0.3, -0.25) is 4.79 Å². The van der Waals surface area contributed by atoms with Crippen LogP contribution in [0, 0.1) is 0 Å². The Balaban J connectivity index is 2.09. The van der Waals surface area contributed by atoms with Crippen LogP contribution in [-0.2, 0) is 6.42 Å². The van der Waals surface area contributed by atoms with Crippen molar-refractivity contribution in [3.05, 3.63) is 40.1 Å². The quantitative estimate of drug-likeness (QED) is 0.593. The number of aromatic hydroxyl groups is 2. The van der Waals surface area contributed by atoms with Gasteiger partial charge in [-0.15, -0.1) is 0 Å². The number of phenols is 2. The molecular weight excluding hydrogens is 312 g/mol. The van der Waals surface area contributed by atoms with Crippen LogP contribution in [0.25, 0.3) is 21.9 Å². The maximum absolute atomic E-state index is 12.7. The van der Waals surface area contributed by atoms with Crippen LogP contribution in [0.5, 0.6) is 17.2 Å². The molecule has 24 heavy (non-hydrogen) atoms. The second-order valence-electron chi connectivity index (χ2n) is 6.63. The third-order valence-corrected chi connectivity index (χ3v) is 4.44. The molecule has 0 spiro atoms. The van der Waals surface area contributed by atoms with Crippen LogP contribution in [0.4, 0.5) is 0 Å². The molecule has 0 unspecified atom stereocenters. The lowest BCUT2D eigenvalue weighted by Gasteiger charge is -2.24. The summed E-state index contributed by atoms with van der Waals surface area (Å²) in [6.07, 6.45) is -0.194. The van der Waals surface area contributed by atoms with E-state index in [1.807, 2.05) is 0 Å². The fraction of sp³-hybridized carbons (Fsp3) is 0.278. The number of benzene rings is 2. The molecule has 2 heterocycles. The zero-order valence-electron chi connectivity index (χ0n) is 13.2. The van der Waals surface area contributed by atoms with E-state index >= 15 is 0 Å². The predicted molar refractivity (Wildman–Crippen MR) is 87.7 cm³/mol. The SMILES string of the molecule is CC(C)(O)[C@H]1Cc2c(cc(O)c3c(=O)c4cccc(O)c4oc23)O1. The summed E-state index contributed by atoms with van der Waals surface area (Å²) in [7, 11) is 0. The van der Waals surface area contributed by atoms with E-state index < -0.39 is 17.1 Å². The van der Waals surface area contributed by atoms with Crippen LogP contribution in [0.1, 0.15) is 19.4 Å². The Morgan fingerprint density at radius 3 is 2.62 bits per heavy atom. The zero-order valence-corrected chi connectivity index (χ0v) is 13.2. The predicted octanol–water partition coefficient (Wildman–Crippen LogP) is 2.43. The lowest BCUT2D eigenvalue weighted by Crippen LogP contribution is -2.39. The molecule has 3 aromatic rings. The van der Waals surface area contributed by atoms with Crippen molar-refractivity contribution in [3.8, 4) is 17.2 Å². The Morgan fingerprint density at radius 2 is 1.92 bits per heavy atom. The molecule has 0 saturated heterocycles. The van der Waals surface area contributed by atoms with Gasteiger partial charge < -0.3 is 24.5 Å². The van der Waals surface area contributed by atoms with E-state index in [1.54, 1.807) is 13.8 Å². The summed E-state index contributed by atoms with van der Waals surface area (Å²) in [5, 5.41) is 30.7. The Bertz CT molecular complexity index is 1040. The molecule has 124 valence electrons. The van der Waals surface area contributed by atoms with Crippen molar-refractivity contribution in [2.75, 3.05) is 0 Å². The Kier molecular flexibility index (Phi) is 2.87. The summed E-state index contributed by atoms with van der Waals surface area (Å²) in [5.41, 5.74) is -0.683. The maximum Gasteiger partial charge on any atom is 0.204 e. The van der Waals surface area contributed by atoms with Gasteiger partial charge in [0.05, 0.1) is 11.0 Å². The van der Waals surface area contributed by atoms with Crippen LogP contribution in [-0.4, -0.2) is 27.0 Å². The molecule has 1 aliphatic rings. The summed E-state index contributed by atoms with van der Waals surface area (Å²) in [6.45, 7) is 3.26. The molecule has 6 heteroatoms. The first kappa shape index (κ1) is 14.8. The molecule has 0 aliphatic carbocycles. The van der Waals surface area contributed by atoms with Gasteiger partial charge in [-0.2, -0.15) is 0 Å². The normalized spacial score (nSPS) is 17.2. The van der Waals surface area contributed by atoms with E-state index in [1.165, 1.54) is 24.3 Å². The number of ether oxygens (including phenoxy) is 1. The minimum absolute atomic E-state index is 0.0480. The monoisotopic (exact) mass is 328 g/mol. The average molecular weight is 328 g/mol. The molecule has 0 radical (unpaired) electrons. The van der Waals surface area contributed by atoms with Crippen LogP contribution < -0.4 is 10.2 Å². The maximum atomic E-state index is 12.7. The van der Waals surface area contributed by atoms with Crippen molar-refractivity contribution in [3.63, 3.8) is 0 Å². The molecule has 6 nitrogen and oxygen atoms in total. The smallest absolute Gasteiger partial charge is 0.204 e. The standard InChI is InChI=1S/C18H16O6/c1-18(2,22)13-6-9-12(23-13)7-11(20)14-15(21)8-4-3-5-10(19)16(8)24-17(9)14/h3-5,7,13,19-20,22H,6H2,1-2H3/t13-/m1/s1. The van der Waals surface area contributed by atoms with E-state index in [-0.39, 0.29) is 33.4 Å². The minimum atomic E-state index is -1.10. The average Bonchev–Trinajstić information content (AvgIpc) is 2.92. The second-order valence-corrected chi connectivity index (χ2v) is 6.63. The number of rotatable bonds is 1. The fourth-order valence-corrected chi connectivity index (χ4v) is 3.11. The molecule has 0 bridgehead atoms. The summed E-state index contributed by atoms with van der Waals surface area (Å²) >= 11 is 0. The molecule has 0 amide bonds. The van der Waals surface area contributed by atoms with Gasteiger partial charge in [0.25, 0.3) is 0 Å². The van der Waals surface area contributed by atoms with Crippen molar-refractivity contribution in [2.45, 2.75) is 32.0 Å². The van der Waals surface area contributed by atoms with E-state index in [2.05, 4.69) is 0 Å². The van der Waals surface area contributed by atoms with Gasteiger partial charge in [0, 0.05) is 18.1 Å². The molecule has 1 atom stereocenters. The third-order valence-electron chi connectivity index (χ3n) is 4.44. The highest BCUT2D eigenvalue weighted by Gasteiger charge is 2.37. The van der Waals surface area contributed by atoms with E-state index in [0.29, 0.717) is 17.7 Å². The summed E-state index contributed by atoms with van der Waals surface area (Å²) in [4.78, 5) is 12.7. The number of para-hydroxylation sites is 1. The first-order valence-corrected chi connectivity index (χ1v) is 7.59. The van der Waals surface area contributed by atoms with Gasteiger partial charge in [0.1, 0.15) is 28.6 Å². The topological polar surface area (TPSA) is 100 Å². The first-order chi connectivity index (χ1) is 11.3. The van der Waals surface area contributed by atoms with E-state index in [4.69, 9.17) is 9.15 Å². The highest BCUT2D eigenvalue weighted by molar-refractivity contribution is 5.97. The lowest BCUT2D eigenvalue weighted by atomic mass is 9.96. The Morgan fingerprint density at radius 1 is 1.17 bits per heavy atom. The molecule has 3 N–H and O–H groups in total. The highest BCUT2D eigenvalue weighted by atomic mass is 16.5. The second kappa shape index (κ2) is 4.64. The lowest BCUT2D eigenvalue weighted by molar-refractivity contribution is -0.0229. The minimum Gasteiger partial charge on any atom is -0.507 e. The summed E-state index contributed by atoms with van der Waals surface area (Å²) < 4.78 is 11.5. The molecule has 0 fully saturated rings. The number of hydrogen-bond donors (Lipinski definition) is 3. The zero-order chi connectivity index (χ0) is 17.2. The van der Waals surface area contributed by atoms with Crippen molar-refractivity contribution in [2.24, 2.45) is 0 Å². The van der Waals surface area contributed by atoms with Gasteiger partial charge in [-0.25, -0.2) is 0 Å². The van der Waals surface area contributed by atoms with Crippen molar-refractivity contribution >= 4 is 21.9 Å². The van der Waals surface area contributed by atoms with Gasteiger partial charge in [0.2, 0.25) is 5.43 Å². The number of hydrogen-bond acceptors (Lipinski definition) is 6. The van der Waals surface area contributed by atoms with Crippen molar-refractivity contribution < 1.29 is 24.5 Å². The van der Waals surface area contributed by atoms with Crippen molar-refractivity contribution in [1.82, 2.24) is 0 Å². The third kappa shape index (κ3) is 1.96. The molecule has 0 saturated carbocycles. The van der Waals surface area contributed by atoms with Crippen molar-refractivity contribution in [1.29, 1.82) is 0 Å². The van der Waals surface area contributed by atoms with Crippen LogP contribution in [0.2, 0.25) is 0 Å². The number of aliphatic hydroxyl groups is 1. The van der Waals surface area contributed by atoms with Crippen LogP contribution in [0.15, 0.2) is 33.5 Å². The summed E-state index contributed by atoms with van der Waals surface area (Å²) in [6, 6.07) is 5.87. The fourth-order valence-electron chi connectivity index (χ4n) is 3.11. The van der Waals surface area contributed by atoms with E-state index in [9.17, 15) is 20.1 Å². The van der Waals surface area contributed by atoms with Gasteiger partial charge >= 0.3 is 0 Å². The number of phenolic OH excluding ortho intramolecular Hbond substituents is 2. The Hall–Kier alpha value is -2.73. The first-order valence-electron chi connectivity index (χ1n) is 7.59. The van der Waals surface area contributed by atoms with Gasteiger partial charge in [-0.1, -0.05) is 6.07 Å². The van der Waals surface area contributed by atoms with E-state index in [0.717, 1.165) is 0 Å². The highest BCUT2D eigenvalue weighted by Crippen LogP contribution is 2.42. The summed E-state index contributed by atoms with van der Waals surface area (Å²) in [5.74, 6) is -0.0364. The van der Waals surface area contributed by atoms with Gasteiger partial charge in [-0.05, 0) is 26.0 Å². The Labute approximate surface area is 136 Å². The molecule has 4 rings (SSSR count). The van der Waals surface area contributed by atoms with Gasteiger partial charge in [0.15, 0.2) is 11.3 Å². The largest absolute Gasteiger partial charge is 0.507 e. The number of fused-ring (bicyclic) bond motifs is 4. The molecular formula is C18H16O6. The molecule has 2 aromatic carbocycles. The van der Waals surface area contributed by atoms with Crippen LogP contribution >= 0.6 is 0 Å².